The van der Waals surface area contributed by atoms with Crippen molar-refractivity contribution < 1.29 is 26.6 Å². The van der Waals surface area contributed by atoms with Crippen LogP contribution >= 0.6 is 11.8 Å². The summed E-state index contributed by atoms with van der Waals surface area (Å²) in [6.07, 6.45) is 17.9. The van der Waals surface area contributed by atoms with E-state index in [0.717, 1.165) is 77.3 Å². The van der Waals surface area contributed by atoms with Gasteiger partial charge in [-0.25, -0.2) is 0 Å². The molecule has 0 heterocycles. The SMILES string of the molecule is CCN(CC)C(N(CC)CC)C(C)(CCCCCCCC[Si](OC)(OC)OC)SC(C)(CCCCCCCC[Si](OC)(OC)OC)C(N(CC)CC)N(CC)CC. The quantitative estimate of drug-likeness (QED) is 0.0336. The molecule has 0 aliphatic carbocycles. The Morgan fingerprint density at radius 3 is 0.789 bits per heavy atom. The second kappa shape index (κ2) is 32.1. The normalized spacial score (nSPS) is 15.3. The Bertz CT molecular complexity index is 830. The average Bonchev–Trinajstić information content (AvgIpc) is 3.23. The van der Waals surface area contributed by atoms with Crippen molar-refractivity contribution in [2.45, 2.75) is 193 Å². The lowest BCUT2D eigenvalue weighted by Gasteiger charge is -2.55. The molecule has 2 unspecified atom stereocenters. The van der Waals surface area contributed by atoms with Gasteiger partial charge in [0.05, 0.1) is 12.3 Å². The molecule has 0 fully saturated rings. The number of rotatable bonds is 40. The highest BCUT2D eigenvalue weighted by Crippen LogP contribution is 2.50. The molecule has 0 aliphatic rings. The van der Waals surface area contributed by atoms with Gasteiger partial charge in [0.1, 0.15) is 0 Å². The highest BCUT2D eigenvalue weighted by Gasteiger charge is 2.50. The van der Waals surface area contributed by atoms with Crippen LogP contribution in [0.5, 0.6) is 0 Å². The van der Waals surface area contributed by atoms with Crippen molar-refractivity contribution in [3.05, 3.63) is 0 Å². The third-order valence-electron chi connectivity index (χ3n) is 12.9. The first-order valence-corrected chi connectivity index (χ1v) is 28.0. The predicted octanol–water partition coefficient (Wildman–Crippen LogP) is 10.5. The van der Waals surface area contributed by atoms with E-state index < -0.39 is 17.6 Å². The monoisotopic (exact) mass is 867 g/mol. The number of nitrogens with zero attached hydrogens (tertiary/aromatic N) is 4. The summed E-state index contributed by atoms with van der Waals surface area (Å²) in [6, 6.07) is 1.78. The van der Waals surface area contributed by atoms with Gasteiger partial charge in [0.15, 0.2) is 0 Å². The molecule has 10 nitrogen and oxygen atoms in total. The molecular weight excluding hydrogens is 769 g/mol. The molecule has 0 rings (SSSR count). The summed E-state index contributed by atoms with van der Waals surface area (Å²) in [5.41, 5.74) is 0. The molecular formula is C44H98N4O6SSi2. The summed E-state index contributed by atoms with van der Waals surface area (Å²) in [6.45, 7) is 32.8. The maximum absolute atomic E-state index is 5.67. The number of thioether (sulfide) groups is 1. The summed E-state index contributed by atoms with van der Waals surface area (Å²) in [5, 5.41) is 0. The lowest BCUT2D eigenvalue weighted by Crippen LogP contribution is -2.64. The largest absolute Gasteiger partial charge is 0.500 e. The van der Waals surface area contributed by atoms with Crippen molar-refractivity contribution in [2.24, 2.45) is 0 Å². The van der Waals surface area contributed by atoms with E-state index in [1.807, 2.05) is 0 Å². The van der Waals surface area contributed by atoms with Crippen molar-refractivity contribution in [3.8, 4) is 0 Å². The average molecular weight is 868 g/mol. The van der Waals surface area contributed by atoms with E-state index in [0.29, 0.717) is 12.3 Å². The van der Waals surface area contributed by atoms with Crippen LogP contribution in [0.1, 0.15) is 159 Å². The third kappa shape index (κ3) is 18.7. The summed E-state index contributed by atoms with van der Waals surface area (Å²) in [7, 11) is 5.35. The smallest absolute Gasteiger partial charge is 0.377 e. The van der Waals surface area contributed by atoms with Gasteiger partial charge in [0.2, 0.25) is 0 Å². The Balaban J connectivity index is 6.50. The first-order chi connectivity index (χ1) is 27.3. The first-order valence-electron chi connectivity index (χ1n) is 23.3. The molecule has 0 aliphatic heterocycles. The fourth-order valence-corrected chi connectivity index (χ4v) is 15.4. The number of unbranched alkanes of at least 4 members (excludes halogenated alkanes) is 10. The molecule has 57 heavy (non-hydrogen) atoms. The molecule has 0 aromatic heterocycles. The molecule has 0 radical (unpaired) electrons. The van der Waals surface area contributed by atoms with Crippen molar-refractivity contribution in [1.82, 2.24) is 19.6 Å². The second-order valence-corrected chi connectivity index (χ2v) is 24.4. The predicted molar refractivity (Wildman–Crippen MR) is 251 cm³/mol. The van der Waals surface area contributed by atoms with Crippen molar-refractivity contribution in [2.75, 3.05) is 95.0 Å². The van der Waals surface area contributed by atoms with E-state index in [4.69, 9.17) is 26.6 Å². The first kappa shape index (κ1) is 57.4. The Kier molecular flexibility index (Phi) is 32.3. The van der Waals surface area contributed by atoms with Gasteiger partial charge in [-0.15, -0.1) is 11.8 Å². The van der Waals surface area contributed by atoms with E-state index in [2.05, 4.69) is 101 Å². The molecule has 0 aromatic rings. The van der Waals surface area contributed by atoms with E-state index in [1.165, 1.54) is 77.0 Å². The zero-order valence-electron chi connectivity index (χ0n) is 40.8. The van der Waals surface area contributed by atoms with E-state index in [-0.39, 0.29) is 9.49 Å². The maximum Gasteiger partial charge on any atom is 0.500 e. The van der Waals surface area contributed by atoms with E-state index in [1.54, 1.807) is 42.7 Å². The van der Waals surface area contributed by atoms with E-state index >= 15 is 0 Å². The molecule has 344 valence electrons. The topological polar surface area (TPSA) is 68.3 Å². The molecule has 0 amide bonds. The highest BCUT2D eigenvalue weighted by atomic mass is 32.2. The summed E-state index contributed by atoms with van der Waals surface area (Å²) in [5.74, 6) is 0. The summed E-state index contributed by atoms with van der Waals surface area (Å²) >= 11 is 2.37. The zero-order valence-corrected chi connectivity index (χ0v) is 43.6. The Morgan fingerprint density at radius 2 is 0.579 bits per heavy atom. The Hall–Kier alpha value is 0.384. The highest BCUT2D eigenvalue weighted by molar-refractivity contribution is 8.02. The van der Waals surface area contributed by atoms with Crippen molar-refractivity contribution >= 4 is 29.4 Å². The Morgan fingerprint density at radius 1 is 0.368 bits per heavy atom. The molecule has 0 aromatic carbocycles. The van der Waals surface area contributed by atoms with Gasteiger partial charge >= 0.3 is 17.6 Å². The fraction of sp³-hybridized carbons (Fsp3) is 1.00. The summed E-state index contributed by atoms with van der Waals surface area (Å²) in [4.78, 5) is 11.1. The van der Waals surface area contributed by atoms with Gasteiger partial charge < -0.3 is 26.6 Å². The van der Waals surface area contributed by atoms with Crippen LogP contribution < -0.4 is 0 Å². The van der Waals surface area contributed by atoms with Crippen LogP contribution in [0.2, 0.25) is 12.1 Å². The van der Waals surface area contributed by atoms with E-state index in [9.17, 15) is 0 Å². The molecule has 13 heteroatoms. The fourth-order valence-electron chi connectivity index (χ4n) is 9.44. The molecule has 0 spiro atoms. The third-order valence-corrected chi connectivity index (χ3v) is 20.3. The molecule has 0 bridgehead atoms. The van der Waals surface area contributed by atoms with Crippen LogP contribution in [0.25, 0.3) is 0 Å². The lowest BCUT2D eigenvalue weighted by atomic mass is 9.94. The minimum absolute atomic E-state index is 0.0480. The van der Waals surface area contributed by atoms with Gasteiger partial charge in [0, 0.05) is 64.2 Å². The van der Waals surface area contributed by atoms with Gasteiger partial charge in [-0.05, 0) is 91.9 Å². The Labute approximate surface area is 362 Å². The summed E-state index contributed by atoms with van der Waals surface area (Å²) < 4.78 is 34.1. The van der Waals surface area contributed by atoms with Crippen molar-refractivity contribution in [3.63, 3.8) is 0 Å². The van der Waals surface area contributed by atoms with Crippen LogP contribution in [0.15, 0.2) is 0 Å². The van der Waals surface area contributed by atoms with Gasteiger partial charge in [0.25, 0.3) is 0 Å². The number of hydrogen-bond donors (Lipinski definition) is 0. The minimum Gasteiger partial charge on any atom is -0.377 e. The number of hydrogen-bond acceptors (Lipinski definition) is 11. The molecule has 0 saturated carbocycles. The minimum atomic E-state index is -2.49. The lowest BCUT2D eigenvalue weighted by molar-refractivity contribution is 0.0169. The second-order valence-electron chi connectivity index (χ2n) is 16.2. The molecule has 2 atom stereocenters. The van der Waals surface area contributed by atoms with Crippen LogP contribution in [-0.4, -0.2) is 154 Å². The van der Waals surface area contributed by atoms with Crippen LogP contribution in [0, 0.1) is 0 Å². The van der Waals surface area contributed by atoms with Crippen LogP contribution in [-0.2, 0) is 26.6 Å². The molecule has 0 N–H and O–H groups in total. The zero-order chi connectivity index (χ0) is 43.4. The standard InChI is InChI=1S/C44H98N4O6SSi2/c1-17-45(18-2)41(46(19-3)20-4)43(9,37-33-29-25-27-31-35-39-56(49-11,50-12)51-13)55-44(10,42(47(21-5)22-6)48(23-7)24-8)38-34-30-26-28-32-36-40-57(52-14,53-15)54-16/h41-42H,17-40H2,1-16H3. The van der Waals surface area contributed by atoms with Crippen LogP contribution in [0.4, 0.5) is 0 Å². The van der Waals surface area contributed by atoms with Crippen LogP contribution in [0.3, 0.4) is 0 Å². The van der Waals surface area contributed by atoms with Gasteiger partial charge in [-0.2, -0.15) is 0 Å². The maximum atomic E-state index is 5.67. The van der Waals surface area contributed by atoms with Gasteiger partial charge in [-0.1, -0.05) is 120 Å². The van der Waals surface area contributed by atoms with Crippen molar-refractivity contribution in [1.29, 1.82) is 0 Å². The molecule has 0 saturated heterocycles. The van der Waals surface area contributed by atoms with Gasteiger partial charge in [-0.3, -0.25) is 19.6 Å².